The predicted molar refractivity (Wildman–Crippen MR) is 73.8 cm³/mol. The molecule has 0 heterocycles. The van der Waals surface area contributed by atoms with Crippen molar-refractivity contribution >= 4 is 45.2 Å². The van der Waals surface area contributed by atoms with Crippen LogP contribution in [0.3, 0.4) is 0 Å². The number of rotatable bonds is 5. The normalized spacial score (nSPS) is 10.8. The molecule has 90 valence electrons. The number of carbonyl (C=O) groups excluding carboxylic acids is 1. The van der Waals surface area contributed by atoms with E-state index in [2.05, 4.69) is 28.1 Å². The number of ether oxygens (including phenoxy) is 2. The number of hydrogen-bond acceptors (Lipinski definition) is 4. The highest BCUT2D eigenvalue weighted by molar-refractivity contribution is 9.08. The molecule has 17 heavy (non-hydrogen) atoms. The van der Waals surface area contributed by atoms with E-state index in [-0.39, 0.29) is 0 Å². The van der Waals surface area contributed by atoms with E-state index in [0.717, 1.165) is 16.7 Å². The Morgan fingerprint density at radius 3 is 2.76 bits per heavy atom. The van der Waals surface area contributed by atoms with Crippen molar-refractivity contribution in [3.63, 3.8) is 0 Å². The summed E-state index contributed by atoms with van der Waals surface area (Å²) in [5.41, 5.74) is 3.15. The van der Waals surface area contributed by atoms with E-state index in [9.17, 15) is 4.79 Å². The molecule has 1 aromatic carbocycles. The zero-order valence-electron chi connectivity index (χ0n) is 9.18. The number of alkyl halides is 1. The zero-order valence-corrected chi connectivity index (χ0v) is 11.6. The molecule has 0 saturated carbocycles. The lowest BCUT2D eigenvalue weighted by Gasteiger charge is -2.09. The van der Waals surface area contributed by atoms with Gasteiger partial charge in [-0.25, -0.2) is 4.79 Å². The number of hydrogen-bond donors (Lipinski definition) is 0. The first kappa shape index (κ1) is 13.9. The molecule has 0 aliphatic rings. The van der Waals surface area contributed by atoms with Crippen LogP contribution in [0.4, 0.5) is 0 Å². The van der Waals surface area contributed by atoms with Crippen LogP contribution < -0.4 is 0 Å². The van der Waals surface area contributed by atoms with Crippen LogP contribution in [0, 0.1) is 0 Å². The maximum absolute atomic E-state index is 11.7. The third kappa shape index (κ3) is 3.64. The third-order valence-corrected chi connectivity index (χ3v) is 2.81. The SMILES string of the molecule is COC(=O)C(=COC=S)c1ccccc1CBr. The van der Waals surface area contributed by atoms with Crippen LogP contribution in [0.1, 0.15) is 11.1 Å². The van der Waals surface area contributed by atoms with Crippen LogP contribution in [0.5, 0.6) is 0 Å². The summed E-state index contributed by atoms with van der Waals surface area (Å²) >= 11 is 7.92. The molecule has 1 rings (SSSR count). The van der Waals surface area contributed by atoms with Gasteiger partial charge in [-0.05, 0) is 23.3 Å². The summed E-state index contributed by atoms with van der Waals surface area (Å²) in [7, 11) is 1.32. The van der Waals surface area contributed by atoms with Crippen LogP contribution in [-0.4, -0.2) is 18.6 Å². The van der Waals surface area contributed by atoms with Gasteiger partial charge in [0.05, 0.1) is 7.11 Å². The lowest BCUT2D eigenvalue weighted by atomic mass is 10.0. The molecule has 0 amide bonds. The summed E-state index contributed by atoms with van der Waals surface area (Å²) in [5.74, 6) is -0.463. The molecule has 0 atom stereocenters. The van der Waals surface area contributed by atoms with Gasteiger partial charge >= 0.3 is 5.97 Å². The lowest BCUT2D eigenvalue weighted by Crippen LogP contribution is -2.06. The van der Waals surface area contributed by atoms with Crippen molar-refractivity contribution in [3.05, 3.63) is 41.7 Å². The molecular weight excluding hydrogens is 304 g/mol. The second-order valence-corrected chi connectivity index (χ2v) is 3.80. The number of thiocarbonyl (C=S) groups is 1. The first-order chi connectivity index (χ1) is 8.24. The second-order valence-electron chi connectivity index (χ2n) is 3.05. The van der Waals surface area contributed by atoms with Crippen LogP contribution in [0.25, 0.3) is 5.57 Å². The number of benzene rings is 1. The van der Waals surface area contributed by atoms with Crippen molar-refractivity contribution in [3.8, 4) is 0 Å². The average molecular weight is 315 g/mol. The summed E-state index contributed by atoms with van der Waals surface area (Å²) in [6, 6.07) is 7.48. The van der Waals surface area contributed by atoms with Gasteiger partial charge in [0, 0.05) is 5.33 Å². The Kier molecular flexibility index (Phi) is 5.86. The molecule has 1 aromatic rings. The zero-order chi connectivity index (χ0) is 12.7. The Labute approximate surface area is 114 Å². The molecule has 0 aliphatic heterocycles. The Balaban J connectivity index is 3.21. The number of methoxy groups -OCH3 is 1. The Morgan fingerprint density at radius 1 is 1.47 bits per heavy atom. The largest absolute Gasteiger partial charge is 0.465 e. The molecule has 0 N–H and O–H groups in total. The third-order valence-electron chi connectivity index (χ3n) is 2.10. The first-order valence-corrected chi connectivity index (χ1v) is 6.35. The van der Waals surface area contributed by atoms with Crippen molar-refractivity contribution in [1.29, 1.82) is 0 Å². The smallest absolute Gasteiger partial charge is 0.341 e. The van der Waals surface area contributed by atoms with Crippen molar-refractivity contribution in [2.45, 2.75) is 5.33 Å². The van der Waals surface area contributed by atoms with E-state index >= 15 is 0 Å². The maximum atomic E-state index is 11.7. The second kappa shape index (κ2) is 7.19. The van der Waals surface area contributed by atoms with Crippen LogP contribution >= 0.6 is 28.1 Å². The van der Waals surface area contributed by atoms with Gasteiger partial charge < -0.3 is 9.47 Å². The minimum absolute atomic E-state index is 0.337. The molecule has 0 radical (unpaired) electrons. The fourth-order valence-electron chi connectivity index (χ4n) is 1.33. The van der Waals surface area contributed by atoms with Crippen molar-refractivity contribution in [2.75, 3.05) is 7.11 Å². The predicted octanol–water partition coefficient (Wildman–Crippen LogP) is 3.07. The lowest BCUT2D eigenvalue weighted by molar-refractivity contribution is -0.133. The fraction of sp³-hybridized carbons (Fsp3) is 0.167. The maximum Gasteiger partial charge on any atom is 0.341 e. The van der Waals surface area contributed by atoms with Gasteiger partial charge in [0.2, 0.25) is 0 Å². The molecular formula is C12H11BrO3S. The van der Waals surface area contributed by atoms with E-state index in [1.807, 2.05) is 24.3 Å². The van der Waals surface area contributed by atoms with Gasteiger partial charge in [0.25, 0.3) is 0 Å². The van der Waals surface area contributed by atoms with E-state index < -0.39 is 5.97 Å². The first-order valence-electron chi connectivity index (χ1n) is 4.76. The monoisotopic (exact) mass is 314 g/mol. The average Bonchev–Trinajstić information content (AvgIpc) is 2.39. The van der Waals surface area contributed by atoms with E-state index in [1.165, 1.54) is 13.4 Å². The number of carbonyl (C=O) groups is 1. The van der Waals surface area contributed by atoms with Gasteiger partial charge in [-0.3, -0.25) is 0 Å². The highest BCUT2D eigenvalue weighted by atomic mass is 79.9. The van der Waals surface area contributed by atoms with Gasteiger partial charge in [0.1, 0.15) is 11.8 Å². The Bertz CT molecular complexity index is 443. The summed E-state index contributed by atoms with van der Waals surface area (Å²) in [6.45, 7) is 0. The molecule has 5 heteroatoms. The number of halogens is 1. The summed E-state index contributed by atoms with van der Waals surface area (Å²) < 4.78 is 9.60. The summed E-state index contributed by atoms with van der Waals surface area (Å²) in [5, 5.41) is 0.634. The molecule has 0 fully saturated rings. The fourth-order valence-corrected chi connectivity index (χ4v) is 1.87. The highest BCUT2D eigenvalue weighted by Gasteiger charge is 2.15. The molecule has 0 unspecified atom stereocenters. The van der Waals surface area contributed by atoms with Gasteiger partial charge in [0.15, 0.2) is 5.55 Å². The standard InChI is InChI=1S/C12H11BrO3S/c1-15-12(14)11(7-16-8-17)10-5-3-2-4-9(10)6-13/h2-5,7-8H,6H2,1H3. The quantitative estimate of drug-likeness (QED) is 0.275. The van der Waals surface area contributed by atoms with E-state index in [4.69, 9.17) is 9.47 Å². The van der Waals surface area contributed by atoms with Crippen LogP contribution in [-0.2, 0) is 19.6 Å². The van der Waals surface area contributed by atoms with Crippen molar-refractivity contribution in [2.24, 2.45) is 0 Å². The number of esters is 1. The summed E-state index contributed by atoms with van der Waals surface area (Å²) in [4.78, 5) is 11.7. The van der Waals surface area contributed by atoms with Crippen LogP contribution in [0.15, 0.2) is 30.5 Å². The highest BCUT2D eigenvalue weighted by Crippen LogP contribution is 2.22. The molecule has 0 aromatic heterocycles. The Hall–Kier alpha value is -1.20. The molecule has 0 spiro atoms. The van der Waals surface area contributed by atoms with E-state index in [0.29, 0.717) is 10.9 Å². The van der Waals surface area contributed by atoms with Gasteiger partial charge in [-0.1, -0.05) is 40.2 Å². The van der Waals surface area contributed by atoms with Gasteiger partial charge in [-0.2, -0.15) is 0 Å². The van der Waals surface area contributed by atoms with Gasteiger partial charge in [-0.15, -0.1) is 0 Å². The Morgan fingerprint density at radius 2 is 2.18 bits per heavy atom. The summed E-state index contributed by atoms with van der Waals surface area (Å²) in [6.07, 6.45) is 1.29. The van der Waals surface area contributed by atoms with Crippen molar-refractivity contribution in [1.82, 2.24) is 0 Å². The van der Waals surface area contributed by atoms with E-state index in [1.54, 1.807) is 0 Å². The molecule has 0 aliphatic carbocycles. The van der Waals surface area contributed by atoms with Crippen LogP contribution in [0.2, 0.25) is 0 Å². The minimum atomic E-state index is -0.463. The molecule has 3 nitrogen and oxygen atoms in total. The molecule has 0 saturated heterocycles. The topological polar surface area (TPSA) is 35.5 Å². The minimum Gasteiger partial charge on any atom is -0.465 e. The molecule has 0 bridgehead atoms. The van der Waals surface area contributed by atoms with Crippen molar-refractivity contribution < 1.29 is 14.3 Å².